The van der Waals surface area contributed by atoms with Crippen molar-refractivity contribution in [1.82, 2.24) is 4.31 Å². The second-order valence-electron chi connectivity index (χ2n) is 5.64. The molecule has 1 atom stereocenters. The Kier molecular flexibility index (Phi) is 8.25. The van der Waals surface area contributed by atoms with Crippen molar-refractivity contribution in [2.24, 2.45) is 5.92 Å². The number of sulfonamides is 1. The second kappa shape index (κ2) is 8.63. The van der Waals surface area contributed by atoms with E-state index in [2.05, 4.69) is 4.74 Å². The van der Waals surface area contributed by atoms with E-state index in [0.29, 0.717) is 6.42 Å². The van der Waals surface area contributed by atoms with Crippen LogP contribution in [0.25, 0.3) is 0 Å². The normalized spacial score (nSPS) is 15.6. The lowest BCUT2D eigenvalue weighted by molar-refractivity contribution is -0.382. The maximum atomic E-state index is 13.7. The average Bonchev–Trinajstić information content (AvgIpc) is 2.55. The maximum Gasteiger partial charge on any atom is 0.460 e. The summed E-state index contributed by atoms with van der Waals surface area (Å²) < 4.78 is 144. The standard InChI is InChI=1S/C13H18F9NO4S/c1-4-8(3)9(24)27-7-6-23(5-2)28(25,26)13(21,22)11(16,17)10(14,15)12(18,19)20/h8H,4-7H2,1-3H3. The molecule has 28 heavy (non-hydrogen) atoms. The number of carbonyl (C=O) groups is 1. The second-order valence-corrected chi connectivity index (χ2v) is 7.62. The predicted molar refractivity (Wildman–Crippen MR) is 77.5 cm³/mol. The van der Waals surface area contributed by atoms with Crippen LogP contribution >= 0.6 is 0 Å². The minimum absolute atomic E-state index is 0.297. The summed E-state index contributed by atoms with van der Waals surface area (Å²) in [7, 11) is -6.70. The topological polar surface area (TPSA) is 63.7 Å². The maximum absolute atomic E-state index is 13.7. The molecule has 0 radical (unpaired) electrons. The van der Waals surface area contributed by atoms with E-state index in [1.165, 1.54) is 6.92 Å². The third kappa shape index (κ3) is 4.66. The highest BCUT2D eigenvalue weighted by Gasteiger charge is 2.85. The number of hydrogen-bond donors (Lipinski definition) is 0. The number of nitrogens with zero attached hydrogens (tertiary/aromatic N) is 1. The van der Waals surface area contributed by atoms with Gasteiger partial charge in [0, 0.05) is 13.1 Å². The van der Waals surface area contributed by atoms with Gasteiger partial charge in [-0.15, -0.1) is 0 Å². The van der Waals surface area contributed by atoms with Gasteiger partial charge in [0.05, 0.1) is 5.92 Å². The van der Waals surface area contributed by atoms with Crippen LogP contribution in [0.3, 0.4) is 0 Å². The molecular formula is C13H18F9NO4S. The summed E-state index contributed by atoms with van der Waals surface area (Å²) in [5.74, 6) is -16.2. The first-order valence-corrected chi connectivity index (χ1v) is 9.13. The van der Waals surface area contributed by atoms with Crippen molar-refractivity contribution < 1.29 is 57.5 Å². The van der Waals surface area contributed by atoms with E-state index in [1.807, 2.05) is 0 Å². The lowest BCUT2D eigenvalue weighted by Gasteiger charge is -2.35. The van der Waals surface area contributed by atoms with Crippen LogP contribution in [0.5, 0.6) is 0 Å². The Morgan fingerprint density at radius 3 is 1.79 bits per heavy atom. The van der Waals surface area contributed by atoms with Crippen molar-refractivity contribution in [1.29, 1.82) is 0 Å². The van der Waals surface area contributed by atoms with E-state index in [9.17, 15) is 52.7 Å². The summed E-state index contributed by atoms with van der Waals surface area (Å²) in [6.45, 7) is 0.761. The highest BCUT2D eigenvalue weighted by Crippen LogP contribution is 2.55. The van der Waals surface area contributed by atoms with Gasteiger partial charge >= 0.3 is 29.2 Å². The summed E-state index contributed by atoms with van der Waals surface area (Å²) >= 11 is 0. The van der Waals surface area contributed by atoms with Crippen LogP contribution in [0, 0.1) is 5.92 Å². The first kappa shape index (κ1) is 26.8. The highest BCUT2D eigenvalue weighted by atomic mass is 32.2. The summed E-state index contributed by atoms with van der Waals surface area (Å²) in [6.07, 6.45) is -6.84. The zero-order chi connectivity index (χ0) is 22.8. The largest absolute Gasteiger partial charge is 0.464 e. The number of ether oxygens (including phenoxy) is 1. The molecule has 0 spiro atoms. The van der Waals surface area contributed by atoms with Crippen LogP contribution < -0.4 is 0 Å². The molecule has 0 N–H and O–H groups in total. The van der Waals surface area contributed by atoms with E-state index in [4.69, 9.17) is 0 Å². The van der Waals surface area contributed by atoms with Crippen molar-refractivity contribution in [3.63, 3.8) is 0 Å². The zero-order valence-corrected chi connectivity index (χ0v) is 15.6. The fourth-order valence-electron chi connectivity index (χ4n) is 1.69. The number of likely N-dealkylation sites (N-methyl/N-ethyl adjacent to an activating group) is 1. The van der Waals surface area contributed by atoms with Gasteiger partial charge in [-0.3, -0.25) is 4.79 Å². The van der Waals surface area contributed by atoms with Crippen LogP contribution in [0.2, 0.25) is 0 Å². The molecule has 0 aliphatic carbocycles. The Labute approximate surface area is 154 Å². The predicted octanol–water partition coefficient (Wildman–Crippen LogP) is 3.65. The third-order valence-electron chi connectivity index (χ3n) is 3.73. The van der Waals surface area contributed by atoms with Gasteiger partial charge in [-0.05, 0) is 6.42 Å². The Bertz CT molecular complexity index is 649. The van der Waals surface area contributed by atoms with Crippen LogP contribution in [0.4, 0.5) is 39.5 Å². The highest BCUT2D eigenvalue weighted by molar-refractivity contribution is 7.90. The van der Waals surface area contributed by atoms with Crippen molar-refractivity contribution in [3.05, 3.63) is 0 Å². The van der Waals surface area contributed by atoms with E-state index in [-0.39, 0.29) is 0 Å². The van der Waals surface area contributed by atoms with Gasteiger partial charge < -0.3 is 4.74 Å². The minimum atomic E-state index is -7.33. The molecule has 0 amide bonds. The molecule has 0 saturated heterocycles. The zero-order valence-electron chi connectivity index (χ0n) is 14.8. The number of esters is 1. The van der Waals surface area contributed by atoms with E-state index < -0.39 is 69.2 Å². The Balaban J connectivity index is 5.70. The molecule has 0 aliphatic rings. The summed E-state index contributed by atoms with van der Waals surface area (Å²) in [6, 6.07) is 0. The molecule has 5 nitrogen and oxygen atoms in total. The van der Waals surface area contributed by atoms with Gasteiger partial charge in [0.15, 0.2) is 0 Å². The number of halogens is 9. The van der Waals surface area contributed by atoms with Crippen LogP contribution in [-0.2, 0) is 19.6 Å². The van der Waals surface area contributed by atoms with Gasteiger partial charge in [0.1, 0.15) is 6.61 Å². The van der Waals surface area contributed by atoms with Gasteiger partial charge in [0.2, 0.25) is 0 Å². The first-order chi connectivity index (χ1) is 12.3. The van der Waals surface area contributed by atoms with Gasteiger partial charge in [-0.1, -0.05) is 20.8 Å². The van der Waals surface area contributed by atoms with Crippen LogP contribution in [-0.4, -0.2) is 61.7 Å². The smallest absolute Gasteiger partial charge is 0.460 e. The van der Waals surface area contributed by atoms with Crippen LogP contribution in [0.1, 0.15) is 27.2 Å². The SMILES string of the molecule is CCC(C)C(=O)OCCN(CC)S(=O)(=O)C(F)(F)C(F)(F)C(F)(F)C(F)(F)F. The van der Waals surface area contributed by atoms with E-state index >= 15 is 0 Å². The van der Waals surface area contributed by atoms with Gasteiger partial charge in [-0.25, -0.2) is 8.42 Å². The van der Waals surface area contributed by atoms with E-state index in [0.717, 1.165) is 6.92 Å². The molecule has 15 heteroatoms. The fraction of sp³-hybridized carbons (Fsp3) is 0.923. The summed E-state index contributed by atoms with van der Waals surface area (Å²) in [5, 5.41) is -6.81. The number of alkyl halides is 9. The molecule has 0 aromatic heterocycles. The van der Waals surface area contributed by atoms with E-state index in [1.54, 1.807) is 6.92 Å². The minimum Gasteiger partial charge on any atom is -0.464 e. The lowest BCUT2D eigenvalue weighted by atomic mass is 10.1. The molecular weight excluding hydrogens is 437 g/mol. The first-order valence-electron chi connectivity index (χ1n) is 7.69. The molecule has 0 bridgehead atoms. The average molecular weight is 455 g/mol. The summed E-state index contributed by atoms with van der Waals surface area (Å²) in [4.78, 5) is 11.4. The number of hydrogen-bond acceptors (Lipinski definition) is 4. The number of rotatable bonds is 10. The Morgan fingerprint density at radius 1 is 0.964 bits per heavy atom. The van der Waals surface area contributed by atoms with Gasteiger partial charge in [-0.2, -0.15) is 43.8 Å². The molecule has 0 aromatic carbocycles. The van der Waals surface area contributed by atoms with Crippen molar-refractivity contribution in [3.8, 4) is 0 Å². The lowest BCUT2D eigenvalue weighted by Crippen LogP contribution is -2.65. The summed E-state index contributed by atoms with van der Waals surface area (Å²) in [5.41, 5.74) is 0. The van der Waals surface area contributed by atoms with Gasteiger partial charge in [0.25, 0.3) is 10.0 Å². The monoisotopic (exact) mass is 455 g/mol. The molecule has 0 aliphatic heterocycles. The molecule has 1 unspecified atom stereocenters. The molecule has 0 fully saturated rings. The van der Waals surface area contributed by atoms with Crippen molar-refractivity contribution in [2.45, 2.75) is 50.5 Å². The van der Waals surface area contributed by atoms with Crippen LogP contribution in [0.15, 0.2) is 0 Å². The van der Waals surface area contributed by atoms with Crippen molar-refractivity contribution >= 4 is 16.0 Å². The molecule has 0 aromatic rings. The quantitative estimate of drug-likeness (QED) is 0.373. The number of carbonyl (C=O) groups excluding carboxylic acids is 1. The molecule has 168 valence electrons. The molecule has 0 rings (SSSR count). The third-order valence-corrected chi connectivity index (χ3v) is 5.76. The Morgan fingerprint density at radius 2 is 1.43 bits per heavy atom. The fourth-order valence-corrected chi connectivity index (χ4v) is 3.12. The molecule has 0 heterocycles. The Hall–Kier alpha value is -1.25. The van der Waals surface area contributed by atoms with Crippen molar-refractivity contribution in [2.75, 3.05) is 19.7 Å². The molecule has 0 saturated carbocycles.